The molecule has 5 rings (SSSR count). The van der Waals surface area contributed by atoms with Crippen molar-refractivity contribution >= 4 is 51.5 Å². The van der Waals surface area contributed by atoms with E-state index < -0.39 is 16.1 Å². The van der Waals surface area contributed by atoms with Gasteiger partial charge >= 0.3 is 0 Å². The summed E-state index contributed by atoms with van der Waals surface area (Å²) in [6.07, 6.45) is 3.48. The number of fused-ring (bicyclic) bond motifs is 1. The maximum absolute atomic E-state index is 13.1. The van der Waals surface area contributed by atoms with Crippen LogP contribution in [0.4, 0.5) is 10.5 Å². The molecule has 184 valence electrons. The summed E-state index contributed by atoms with van der Waals surface area (Å²) in [6, 6.07) is 13.4. The summed E-state index contributed by atoms with van der Waals surface area (Å²) in [5.74, 6) is -0.472. The molecule has 0 spiro atoms. The number of hydrogen-bond donors (Lipinski definition) is 0. The summed E-state index contributed by atoms with van der Waals surface area (Å²) in [4.78, 5) is 52.2. The number of rotatable bonds is 6. The highest BCUT2D eigenvalue weighted by molar-refractivity contribution is 8.18. The summed E-state index contributed by atoms with van der Waals surface area (Å²) in [7, 11) is 0. The summed E-state index contributed by atoms with van der Waals surface area (Å²) in [5, 5.41) is 11.5. The van der Waals surface area contributed by atoms with Crippen LogP contribution in [0.15, 0.2) is 59.6 Å². The van der Waals surface area contributed by atoms with E-state index in [2.05, 4.69) is 0 Å². The fraction of sp³-hybridized carbons (Fsp3) is 0.240. The molecule has 2 aliphatic heterocycles. The minimum Gasteiger partial charge on any atom is -0.378 e. The number of non-ortho nitro benzene ring substituents is 1. The van der Waals surface area contributed by atoms with Crippen LogP contribution >= 0.6 is 11.8 Å². The smallest absolute Gasteiger partial charge is 0.293 e. The van der Waals surface area contributed by atoms with Crippen molar-refractivity contribution in [2.24, 2.45) is 0 Å². The largest absolute Gasteiger partial charge is 0.378 e. The molecule has 3 aromatic rings. The molecule has 10 nitrogen and oxygen atoms in total. The zero-order valence-electron chi connectivity index (χ0n) is 19.2. The van der Waals surface area contributed by atoms with Crippen LogP contribution in [0.3, 0.4) is 0 Å². The van der Waals surface area contributed by atoms with E-state index in [0.717, 1.165) is 33.1 Å². The average molecular weight is 507 g/mol. The number of ether oxygens (including phenoxy) is 1. The number of thioether (sulfide) groups is 1. The SMILES string of the molecule is O=C(Cn1cc(/C=C2\SC(=O)N(Cc3cccc([N+](=O)[O-])c3)C2=O)c2ccccc21)N1CCOCC1. The maximum atomic E-state index is 13.1. The molecule has 2 fully saturated rings. The molecular formula is C25H22N4O6S. The molecule has 3 heterocycles. The lowest BCUT2D eigenvalue weighted by atomic mass is 10.1. The predicted molar refractivity (Wildman–Crippen MR) is 134 cm³/mol. The molecule has 11 heteroatoms. The Labute approximate surface area is 210 Å². The van der Waals surface area contributed by atoms with E-state index in [0.29, 0.717) is 31.9 Å². The number of benzene rings is 2. The number of carbonyl (C=O) groups is 3. The molecule has 0 aliphatic carbocycles. The lowest BCUT2D eigenvalue weighted by Crippen LogP contribution is -2.42. The number of imide groups is 1. The van der Waals surface area contributed by atoms with Crippen LogP contribution in [0.2, 0.25) is 0 Å². The Hall–Kier alpha value is -3.96. The van der Waals surface area contributed by atoms with Crippen LogP contribution in [-0.4, -0.2) is 62.6 Å². The third-order valence-corrected chi connectivity index (χ3v) is 7.02. The molecule has 0 saturated carbocycles. The average Bonchev–Trinajstić information content (AvgIpc) is 3.36. The molecule has 2 aliphatic rings. The first-order valence-corrected chi connectivity index (χ1v) is 12.1. The Kier molecular flexibility index (Phi) is 6.57. The maximum Gasteiger partial charge on any atom is 0.293 e. The Balaban J connectivity index is 1.39. The number of carbonyl (C=O) groups excluding carboxylic acids is 3. The Morgan fingerprint density at radius 2 is 1.89 bits per heavy atom. The van der Waals surface area contributed by atoms with Gasteiger partial charge in [0, 0.05) is 47.9 Å². The highest BCUT2D eigenvalue weighted by Gasteiger charge is 2.35. The highest BCUT2D eigenvalue weighted by Crippen LogP contribution is 2.35. The van der Waals surface area contributed by atoms with E-state index in [4.69, 9.17) is 4.74 Å². The van der Waals surface area contributed by atoms with Crippen molar-refractivity contribution in [3.8, 4) is 0 Å². The molecule has 0 unspecified atom stereocenters. The fourth-order valence-electron chi connectivity index (χ4n) is 4.31. The van der Waals surface area contributed by atoms with E-state index >= 15 is 0 Å². The molecule has 0 atom stereocenters. The van der Waals surface area contributed by atoms with Crippen molar-refractivity contribution < 1.29 is 24.0 Å². The van der Waals surface area contributed by atoms with E-state index in [1.165, 1.54) is 18.2 Å². The van der Waals surface area contributed by atoms with Gasteiger partial charge in [-0.25, -0.2) is 0 Å². The topological polar surface area (TPSA) is 115 Å². The van der Waals surface area contributed by atoms with Gasteiger partial charge in [0.2, 0.25) is 5.91 Å². The van der Waals surface area contributed by atoms with Gasteiger partial charge in [-0.2, -0.15) is 0 Å². The van der Waals surface area contributed by atoms with E-state index in [9.17, 15) is 24.5 Å². The molecule has 2 aromatic carbocycles. The van der Waals surface area contributed by atoms with Gasteiger partial charge in [-0.3, -0.25) is 29.4 Å². The third-order valence-electron chi connectivity index (χ3n) is 6.11. The number of nitrogens with zero attached hydrogens (tertiary/aromatic N) is 4. The summed E-state index contributed by atoms with van der Waals surface area (Å²) in [5.41, 5.74) is 1.96. The van der Waals surface area contributed by atoms with Gasteiger partial charge in [0.15, 0.2) is 0 Å². The van der Waals surface area contributed by atoms with Gasteiger partial charge in [0.05, 0.1) is 29.6 Å². The van der Waals surface area contributed by atoms with Crippen LogP contribution in [0.25, 0.3) is 17.0 Å². The Bertz CT molecular complexity index is 1410. The van der Waals surface area contributed by atoms with Crippen molar-refractivity contribution in [2.75, 3.05) is 26.3 Å². The van der Waals surface area contributed by atoms with Gasteiger partial charge in [0.25, 0.3) is 16.8 Å². The normalized spacial score (nSPS) is 17.4. The molecule has 3 amide bonds. The van der Waals surface area contributed by atoms with E-state index in [1.807, 2.05) is 35.0 Å². The van der Waals surface area contributed by atoms with Crippen molar-refractivity contribution in [1.82, 2.24) is 14.4 Å². The summed E-state index contributed by atoms with van der Waals surface area (Å²) >= 11 is 0.827. The third kappa shape index (κ3) is 4.75. The molecule has 2 saturated heterocycles. The van der Waals surface area contributed by atoms with Crippen LogP contribution in [-0.2, 0) is 27.4 Å². The lowest BCUT2D eigenvalue weighted by Gasteiger charge is -2.27. The first-order chi connectivity index (χ1) is 17.4. The zero-order chi connectivity index (χ0) is 25.2. The van der Waals surface area contributed by atoms with Gasteiger partial charge in [-0.1, -0.05) is 30.3 Å². The second kappa shape index (κ2) is 9.96. The van der Waals surface area contributed by atoms with Gasteiger partial charge in [0.1, 0.15) is 6.54 Å². The van der Waals surface area contributed by atoms with Crippen molar-refractivity contribution in [3.63, 3.8) is 0 Å². The van der Waals surface area contributed by atoms with Crippen molar-refractivity contribution in [2.45, 2.75) is 13.1 Å². The van der Waals surface area contributed by atoms with Crippen LogP contribution in [0.1, 0.15) is 11.1 Å². The molecule has 0 bridgehead atoms. The van der Waals surface area contributed by atoms with Crippen LogP contribution in [0.5, 0.6) is 0 Å². The van der Waals surface area contributed by atoms with Crippen molar-refractivity contribution in [1.29, 1.82) is 0 Å². The molecule has 36 heavy (non-hydrogen) atoms. The predicted octanol–water partition coefficient (Wildman–Crippen LogP) is 3.64. The first kappa shape index (κ1) is 23.8. The number of hydrogen-bond acceptors (Lipinski definition) is 7. The fourth-order valence-corrected chi connectivity index (χ4v) is 5.14. The van der Waals surface area contributed by atoms with Crippen LogP contribution in [0, 0.1) is 10.1 Å². The summed E-state index contributed by atoms with van der Waals surface area (Å²) in [6.45, 7) is 2.26. The number of nitro benzene ring substituents is 1. The number of para-hydroxylation sites is 1. The first-order valence-electron chi connectivity index (χ1n) is 11.3. The van der Waals surface area contributed by atoms with Gasteiger partial charge < -0.3 is 14.2 Å². The summed E-state index contributed by atoms with van der Waals surface area (Å²) < 4.78 is 7.18. The van der Waals surface area contributed by atoms with E-state index in [-0.39, 0.29) is 29.6 Å². The lowest BCUT2D eigenvalue weighted by molar-refractivity contribution is -0.384. The quantitative estimate of drug-likeness (QED) is 0.285. The molecule has 1 aromatic heterocycles. The van der Waals surface area contributed by atoms with E-state index in [1.54, 1.807) is 17.0 Å². The number of morpholine rings is 1. The number of aromatic nitrogens is 1. The molecule has 0 radical (unpaired) electrons. The second-order valence-corrected chi connectivity index (χ2v) is 9.41. The minimum absolute atomic E-state index is 0.0112. The van der Waals surface area contributed by atoms with Crippen molar-refractivity contribution in [3.05, 3.63) is 80.9 Å². The Morgan fingerprint density at radius 3 is 2.67 bits per heavy atom. The number of nitro groups is 1. The minimum atomic E-state index is -0.517. The monoisotopic (exact) mass is 506 g/mol. The van der Waals surface area contributed by atoms with Gasteiger partial charge in [-0.15, -0.1) is 0 Å². The zero-order valence-corrected chi connectivity index (χ0v) is 20.0. The Morgan fingerprint density at radius 1 is 1.11 bits per heavy atom. The number of amides is 3. The molecule has 0 N–H and O–H groups in total. The second-order valence-electron chi connectivity index (χ2n) is 8.42. The molecular weight excluding hydrogens is 484 g/mol. The standard InChI is InChI=1S/C25H22N4O6S/c30-23(26-8-10-35-11-9-26)16-27-15-18(20-6-1-2-7-21(20)27)13-22-24(31)28(25(32)36-22)14-17-4-3-5-19(12-17)29(33)34/h1-7,12-13,15H,8-11,14,16H2/b22-13-. The van der Waals surface area contributed by atoms with Crippen LogP contribution < -0.4 is 0 Å². The van der Waals surface area contributed by atoms with Gasteiger partial charge in [-0.05, 0) is 29.5 Å². The highest BCUT2D eigenvalue weighted by atomic mass is 32.2.